The number of aliphatic hydroxyl groups is 2. The number of hydrogen-bond acceptors (Lipinski definition) is 10. The lowest BCUT2D eigenvalue weighted by molar-refractivity contribution is -0.287. The number of aliphatic hydroxyl groups excluding tert-OH is 2. The van der Waals surface area contributed by atoms with E-state index in [0.717, 1.165) is 64.2 Å². The number of rotatable bonds is 15. The zero-order valence-electron chi connectivity index (χ0n) is 39.4. The van der Waals surface area contributed by atoms with Crippen molar-refractivity contribution in [1.82, 2.24) is 0 Å². The van der Waals surface area contributed by atoms with E-state index in [9.17, 15) is 29.9 Å². The molecule has 348 valence electrons. The van der Waals surface area contributed by atoms with Crippen molar-refractivity contribution in [2.75, 3.05) is 19.8 Å². The molecule has 2 saturated carbocycles. The molecule has 0 bridgehead atoms. The Bertz CT molecular complexity index is 2160. The smallest absolute Gasteiger partial charge is 0.338 e. The molecule has 0 amide bonds. The van der Waals surface area contributed by atoms with Crippen molar-refractivity contribution in [3.8, 4) is 0 Å². The van der Waals surface area contributed by atoms with Gasteiger partial charge in [-0.3, -0.25) is 14.8 Å². The third-order valence-corrected chi connectivity index (χ3v) is 16.4. The van der Waals surface area contributed by atoms with Crippen LogP contribution in [-0.2, 0) is 52.4 Å². The van der Waals surface area contributed by atoms with Crippen molar-refractivity contribution in [3.05, 3.63) is 105 Å². The van der Waals surface area contributed by atoms with Crippen molar-refractivity contribution in [3.63, 3.8) is 0 Å². The first kappa shape index (κ1) is 47.9. The fourth-order valence-corrected chi connectivity index (χ4v) is 12.6. The second-order valence-electron chi connectivity index (χ2n) is 21.3. The van der Waals surface area contributed by atoms with E-state index in [4.69, 9.17) is 19.1 Å². The van der Waals surface area contributed by atoms with Crippen molar-refractivity contribution < 1.29 is 49.0 Å². The molecule has 0 aliphatic heterocycles. The average Bonchev–Trinajstić information content (AvgIpc) is 3.27. The molecule has 2 fully saturated rings. The van der Waals surface area contributed by atoms with Gasteiger partial charge in [-0.15, -0.1) is 0 Å². The minimum absolute atomic E-state index is 0.0621. The minimum atomic E-state index is -1.21. The van der Waals surface area contributed by atoms with Crippen LogP contribution in [0.4, 0.5) is 0 Å². The number of fused-ring (bicyclic) bond motifs is 6. The molecule has 10 heteroatoms. The van der Waals surface area contributed by atoms with Gasteiger partial charge < -0.3 is 24.4 Å². The summed E-state index contributed by atoms with van der Waals surface area (Å²) in [4.78, 5) is 45.3. The Balaban J connectivity index is 0.874. The first-order chi connectivity index (χ1) is 30.3. The van der Waals surface area contributed by atoms with Crippen LogP contribution in [0.3, 0.4) is 0 Å². The minimum Gasteiger partial charge on any atom is -0.463 e. The molecule has 4 aliphatic carbocycles. The lowest BCUT2D eigenvalue weighted by Gasteiger charge is -2.54. The van der Waals surface area contributed by atoms with Gasteiger partial charge in [0.15, 0.2) is 0 Å². The number of aryl methyl sites for hydroxylation is 2. The molecular formula is C54H72O10. The first-order valence-corrected chi connectivity index (χ1v) is 23.9. The van der Waals surface area contributed by atoms with Gasteiger partial charge in [0.25, 0.3) is 0 Å². The molecule has 0 radical (unpaired) electrons. The summed E-state index contributed by atoms with van der Waals surface area (Å²) in [6.45, 7) is 16.5. The van der Waals surface area contributed by atoms with Crippen LogP contribution in [0.2, 0.25) is 0 Å². The second-order valence-corrected chi connectivity index (χ2v) is 21.3. The quantitative estimate of drug-likeness (QED) is 0.0583. The standard InChI is InChI=1S/C54H72O10/c1-33(2)37-15-19-43-39(27-37)17-21-46-51(43,5)23-9-25-53(46,7)49(58)62-30-41(55)29-45(64-60)35-11-13-36(14-12-35)48(57)61-31-42(56)32-63-50(59)54(8)26-10-24-52(6)44-20-16-38(34(3)4)28-40(44)18-22-47(52)54/h11-16,19-20,27-28,33-34,41-42,45-47,55-56,60H,9-10,17-18,21-26,29-32H2,1-8H3. The molecule has 10 nitrogen and oxygen atoms in total. The molecule has 3 N–H and O–H groups in total. The molecule has 9 atom stereocenters. The highest BCUT2D eigenvalue weighted by atomic mass is 17.1. The summed E-state index contributed by atoms with van der Waals surface area (Å²) in [6.07, 6.45) is 5.55. The molecule has 4 aliphatic rings. The van der Waals surface area contributed by atoms with Gasteiger partial charge in [-0.1, -0.05) is 103 Å². The topological polar surface area (TPSA) is 149 Å². The van der Waals surface area contributed by atoms with Crippen LogP contribution in [0.15, 0.2) is 60.7 Å². The number of esters is 3. The van der Waals surface area contributed by atoms with Crippen LogP contribution in [0.5, 0.6) is 0 Å². The van der Waals surface area contributed by atoms with E-state index in [1.165, 1.54) is 45.5 Å². The van der Waals surface area contributed by atoms with Gasteiger partial charge in [0.2, 0.25) is 0 Å². The highest BCUT2D eigenvalue weighted by Gasteiger charge is 2.57. The van der Waals surface area contributed by atoms with E-state index < -0.39 is 35.1 Å². The summed E-state index contributed by atoms with van der Waals surface area (Å²) in [7, 11) is 0. The number of hydrogen-bond donors (Lipinski definition) is 3. The van der Waals surface area contributed by atoms with E-state index >= 15 is 0 Å². The maximum Gasteiger partial charge on any atom is 0.338 e. The Labute approximate surface area is 380 Å². The van der Waals surface area contributed by atoms with Crippen molar-refractivity contribution >= 4 is 17.9 Å². The van der Waals surface area contributed by atoms with E-state index in [2.05, 4.69) is 77.9 Å². The molecule has 0 saturated heterocycles. The fraction of sp³-hybridized carbons (Fsp3) is 0.611. The zero-order valence-corrected chi connectivity index (χ0v) is 39.4. The number of benzene rings is 3. The largest absolute Gasteiger partial charge is 0.463 e. The van der Waals surface area contributed by atoms with Crippen molar-refractivity contribution in [2.24, 2.45) is 22.7 Å². The number of carbonyl (C=O) groups excluding carboxylic acids is 3. The van der Waals surface area contributed by atoms with E-state index in [1.807, 2.05) is 13.8 Å². The number of carbonyl (C=O) groups is 3. The third kappa shape index (κ3) is 9.18. The summed E-state index contributed by atoms with van der Waals surface area (Å²) in [5.74, 6) is -0.201. The highest BCUT2D eigenvalue weighted by Crippen LogP contribution is 2.59. The SMILES string of the molecule is CC(C)c1ccc2c(c1)CCC1C(C)(C(=O)OCC(O)COC(=O)c3ccc(C(CC(O)COC(=O)C4(C)CCCC5(C)c6ccc(C(C)C)cc6CCC45)OO)cc3)CCCC21C. The van der Waals surface area contributed by atoms with Gasteiger partial charge in [0.05, 0.1) is 22.5 Å². The fourth-order valence-electron chi connectivity index (χ4n) is 12.6. The molecule has 3 aromatic carbocycles. The second kappa shape index (κ2) is 19.0. The van der Waals surface area contributed by atoms with Gasteiger partial charge in [-0.25, -0.2) is 9.68 Å². The van der Waals surface area contributed by atoms with Gasteiger partial charge >= 0.3 is 17.9 Å². The van der Waals surface area contributed by atoms with Crippen LogP contribution in [0.25, 0.3) is 0 Å². The van der Waals surface area contributed by atoms with Crippen molar-refractivity contribution in [1.29, 1.82) is 0 Å². The third-order valence-electron chi connectivity index (χ3n) is 16.4. The van der Waals surface area contributed by atoms with Gasteiger partial charge in [-0.2, -0.15) is 0 Å². The van der Waals surface area contributed by atoms with Crippen LogP contribution < -0.4 is 0 Å². The summed E-state index contributed by atoms with van der Waals surface area (Å²) >= 11 is 0. The molecule has 3 aromatic rings. The zero-order chi connectivity index (χ0) is 46.2. The van der Waals surface area contributed by atoms with E-state index in [1.54, 1.807) is 12.1 Å². The summed E-state index contributed by atoms with van der Waals surface area (Å²) in [5.41, 5.74) is 7.11. The Hall–Kier alpha value is -4.09. The Morgan fingerprint density at radius 1 is 0.609 bits per heavy atom. The normalized spacial score (nSPS) is 28.8. The van der Waals surface area contributed by atoms with E-state index in [-0.39, 0.29) is 66.4 Å². The maximum absolute atomic E-state index is 13.9. The van der Waals surface area contributed by atoms with Crippen molar-refractivity contribution in [2.45, 2.75) is 167 Å². The van der Waals surface area contributed by atoms with Crippen LogP contribution in [0, 0.1) is 22.7 Å². The van der Waals surface area contributed by atoms with Gasteiger partial charge in [0, 0.05) is 6.42 Å². The Morgan fingerprint density at radius 3 is 1.50 bits per heavy atom. The average molecular weight is 881 g/mol. The van der Waals surface area contributed by atoms with Crippen LogP contribution in [0.1, 0.15) is 180 Å². The summed E-state index contributed by atoms with van der Waals surface area (Å²) < 4.78 is 17.0. The van der Waals surface area contributed by atoms with Gasteiger partial charge in [-0.05, 0) is 151 Å². The molecule has 0 heterocycles. The summed E-state index contributed by atoms with van der Waals surface area (Å²) in [5, 5.41) is 31.5. The van der Waals surface area contributed by atoms with Crippen LogP contribution in [-0.4, -0.2) is 65.4 Å². The predicted molar refractivity (Wildman–Crippen MR) is 245 cm³/mol. The predicted octanol–water partition coefficient (Wildman–Crippen LogP) is 10.2. The lowest BCUT2D eigenvalue weighted by atomic mass is 9.49. The molecule has 9 unspecified atom stereocenters. The summed E-state index contributed by atoms with van der Waals surface area (Å²) in [6, 6.07) is 19.8. The highest BCUT2D eigenvalue weighted by molar-refractivity contribution is 5.89. The maximum atomic E-state index is 13.9. The lowest BCUT2D eigenvalue weighted by Crippen LogP contribution is -2.53. The monoisotopic (exact) mass is 881 g/mol. The molecule has 7 rings (SSSR count). The van der Waals surface area contributed by atoms with Crippen LogP contribution >= 0.6 is 0 Å². The molecule has 64 heavy (non-hydrogen) atoms. The Morgan fingerprint density at radius 2 is 1.05 bits per heavy atom. The molecule has 0 aromatic heterocycles. The van der Waals surface area contributed by atoms with Gasteiger partial charge in [0.1, 0.15) is 32.0 Å². The first-order valence-electron chi connectivity index (χ1n) is 23.9. The van der Waals surface area contributed by atoms with E-state index in [0.29, 0.717) is 17.4 Å². The Kier molecular flexibility index (Phi) is 14.2. The molecule has 0 spiro atoms. The molecular weight excluding hydrogens is 809 g/mol. The number of ether oxygens (including phenoxy) is 3.